The Morgan fingerprint density at radius 1 is 0.500 bits per heavy atom. The lowest BCUT2D eigenvalue weighted by Crippen LogP contribution is -2.52. The molecule has 18 heavy (non-hydrogen) atoms. The standard InChI is InChI=1S/C16H30.C2H6/c1-13(2,3)15-7-10-16(11-8-15,12-9-15)14(4,5)6;1-2/h7-12H2,1-6H3;1-2H3. The molecule has 0 amide bonds. The zero-order valence-corrected chi connectivity index (χ0v) is 14.2. The number of hydrogen-bond acceptors (Lipinski definition) is 0. The predicted molar refractivity (Wildman–Crippen MR) is 82.8 cm³/mol. The van der Waals surface area contributed by atoms with E-state index in [1.165, 1.54) is 38.5 Å². The Hall–Kier alpha value is 0. The first-order valence-electron chi connectivity index (χ1n) is 8.12. The van der Waals surface area contributed by atoms with Crippen LogP contribution in [0.1, 0.15) is 93.9 Å². The first-order valence-corrected chi connectivity index (χ1v) is 8.12. The lowest BCUT2D eigenvalue weighted by molar-refractivity contribution is -0.120. The van der Waals surface area contributed by atoms with Crippen LogP contribution in [0.25, 0.3) is 0 Å². The maximum atomic E-state index is 2.46. The normalized spacial score (nSPS) is 36.0. The van der Waals surface area contributed by atoms with Crippen molar-refractivity contribution in [2.75, 3.05) is 0 Å². The van der Waals surface area contributed by atoms with E-state index >= 15 is 0 Å². The van der Waals surface area contributed by atoms with Gasteiger partial charge in [0.2, 0.25) is 0 Å². The Balaban J connectivity index is 0.000000771. The van der Waals surface area contributed by atoms with Crippen LogP contribution in [0.15, 0.2) is 0 Å². The van der Waals surface area contributed by atoms with E-state index in [0.29, 0.717) is 21.7 Å². The van der Waals surface area contributed by atoms with E-state index in [0.717, 1.165) is 0 Å². The largest absolute Gasteiger partial charge is 0.0683 e. The van der Waals surface area contributed by atoms with E-state index in [4.69, 9.17) is 0 Å². The quantitative estimate of drug-likeness (QED) is 0.465. The molecule has 0 heterocycles. The fourth-order valence-electron chi connectivity index (χ4n) is 4.44. The van der Waals surface area contributed by atoms with Crippen LogP contribution in [0.5, 0.6) is 0 Å². The maximum Gasteiger partial charge on any atom is -0.0248 e. The molecule has 0 aliphatic heterocycles. The van der Waals surface area contributed by atoms with E-state index in [2.05, 4.69) is 41.5 Å². The average molecular weight is 252 g/mol. The minimum atomic E-state index is 0.511. The predicted octanol–water partition coefficient (Wildman–Crippen LogP) is 6.45. The molecule has 0 nitrogen and oxygen atoms in total. The molecule has 3 aliphatic rings. The van der Waals surface area contributed by atoms with Crippen LogP contribution in [0, 0.1) is 21.7 Å². The highest BCUT2D eigenvalue weighted by atomic mass is 14.6. The molecule has 3 saturated carbocycles. The topological polar surface area (TPSA) is 0 Å². The summed E-state index contributed by atoms with van der Waals surface area (Å²) in [5.74, 6) is 0. The van der Waals surface area contributed by atoms with Gasteiger partial charge < -0.3 is 0 Å². The number of hydrogen-bond donors (Lipinski definition) is 0. The Morgan fingerprint density at radius 3 is 0.778 bits per heavy atom. The lowest BCUT2D eigenvalue weighted by atomic mass is 9.42. The first-order chi connectivity index (χ1) is 8.12. The highest BCUT2D eigenvalue weighted by Gasteiger charge is 2.56. The van der Waals surface area contributed by atoms with Gasteiger partial charge in [-0.05, 0) is 60.2 Å². The SMILES string of the molecule is CC.CC(C)(C)C12CCC(C(C)(C)C)(CC1)CC2. The van der Waals surface area contributed by atoms with Crippen molar-refractivity contribution in [1.82, 2.24) is 0 Å². The fraction of sp³-hybridized carbons (Fsp3) is 1.00. The summed E-state index contributed by atoms with van der Waals surface area (Å²) >= 11 is 0. The van der Waals surface area contributed by atoms with E-state index in [1.54, 1.807) is 0 Å². The van der Waals surface area contributed by atoms with E-state index in [-0.39, 0.29) is 0 Å². The van der Waals surface area contributed by atoms with Crippen molar-refractivity contribution in [2.45, 2.75) is 93.9 Å². The number of rotatable bonds is 0. The number of fused-ring (bicyclic) bond motifs is 3. The van der Waals surface area contributed by atoms with Gasteiger partial charge in [0.05, 0.1) is 0 Å². The van der Waals surface area contributed by atoms with Gasteiger partial charge in [0.15, 0.2) is 0 Å². The van der Waals surface area contributed by atoms with Gasteiger partial charge in [0.25, 0.3) is 0 Å². The lowest BCUT2D eigenvalue weighted by Gasteiger charge is -2.62. The molecular formula is C18H36. The maximum absolute atomic E-state index is 2.46. The Morgan fingerprint density at radius 2 is 0.667 bits per heavy atom. The molecule has 0 radical (unpaired) electrons. The molecule has 0 aromatic carbocycles. The molecule has 3 rings (SSSR count). The summed E-state index contributed by atoms with van der Waals surface area (Å²) in [4.78, 5) is 0. The molecule has 0 aromatic rings. The van der Waals surface area contributed by atoms with Gasteiger partial charge in [-0.15, -0.1) is 0 Å². The smallest absolute Gasteiger partial charge is 0.0248 e. The van der Waals surface area contributed by atoms with Crippen LogP contribution in [-0.2, 0) is 0 Å². The van der Waals surface area contributed by atoms with Crippen molar-refractivity contribution in [3.05, 3.63) is 0 Å². The summed E-state index contributed by atoms with van der Waals surface area (Å²) in [6.45, 7) is 18.8. The van der Waals surface area contributed by atoms with Crippen LogP contribution < -0.4 is 0 Å². The third kappa shape index (κ3) is 2.37. The monoisotopic (exact) mass is 252 g/mol. The highest BCUT2D eigenvalue weighted by Crippen LogP contribution is 2.67. The van der Waals surface area contributed by atoms with Crippen molar-refractivity contribution in [3.63, 3.8) is 0 Å². The van der Waals surface area contributed by atoms with Crippen LogP contribution >= 0.6 is 0 Å². The van der Waals surface area contributed by atoms with Gasteiger partial charge in [-0.2, -0.15) is 0 Å². The minimum Gasteiger partial charge on any atom is -0.0683 e. The molecule has 3 fully saturated rings. The molecule has 0 aromatic heterocycles. The van der Waals surface area contributed by atoms with E-state index in [9.17, 15) is 0 Å². The van der Waals surface area contributed by atoms with Crippen molar-refractivity contribution in [2.24, 2.45) is 21.7 Å². The first kappa shape index (κ1) is 16.1. The van der Waals surface area contributed by atoms with Crippen LogP contribution in [0.3, 0.4) is 0 Å². The third-order valence-electron chi connectivity index (χ3n) is 6.43. The molecule has 0 N–H and O–H groups in total. The highest BCUT2D eigenvalue weighted by molar-refractivity contribution is 5.07. The summed E-state index contributed by atoms with van der Waals surface area (Å²) in [5.41, 5.74) is 2.36. The van der Waals surface area contributed by atoms with Gasteiger partial charge in [0.1, 0.15) is 0 Å². The van der Waals surface area contributed by atoms with Crippen LogP contribution in [-0.4, -0.2) is 0 Å². The second-order valence-electron chi connectivity index (χ2n) is 8.56. The van der Waals surface area contributed by atoms with Crippen molar-refractivity contribution in [1.29, 1.82) is 0 Å². The second-order valence-corrected chi connectivity index (χ2v) is 8.56. The van der Waals surface area contributed by atoms with Gasteiger partial charge in [-0.1, -0.05) is 55.4 Å². The van der Waals surface area contributed by atoms with E-state index < -0.39 is 0 Å². The van der Waals surface area contributed by atoms with Gasteiger partial charge in [0, 0.05) is 0 Å². The molecule has 0 saturated heterocycles. The summed E-state index contributed by atoms with van der Waals surface area (Å²) in [6.07, 6.45) is 8.88. The minimum absolute atomic E-state index is 0.511. The Bertz CT molecular complexity index is 217. The van der Waals surface area contributed by atoms with Crippen molar-refractivity contribution < 1.29 is 0 Å². The molecular weight excluding hydrogens is 216 g/mol. The summed E-state index contributed by atoms with van der Waals surface area (Å²) in [5, 5.41) is 0. The van der Waals surface area contributed by atoms with Crippen molar-refractivity contribution in [3.8, 4) is 0 Å². The molecule has 3 aliphatic carbocycles. The van der Waals surface area contributed by atoms with Crippen LogP contribution in [0.4, 0.5) is 0 Å². The van der Waals surface area contributed by atoms with Gasteiger partial charge >= 0.3 is 0 Å². The zero-order valence-electron chi connectivity index (χ0n) is 14.2. The summed E-state index contributed by atoms with van der Waals surface area (Å²) in [7, 11) is 0. The fourth-order valence-corrected chi connectivity index (χ4v) is 4.44. The second kappa shape index (κ2) is 4.84. The molecule has 108 valence electrons. The molecule has 2 bridgehead atoms. The third-order valence-corrected chi connectivity index (χ3v) is 6.43. The van der Waals surface area contributed by atoms with Crippen molar-refractivity contribution >= 4 is 0 Å². The zero-order chi connectivity index (χ0) is 14.2. The molecule has 0 unspecified atom stereocenters. The summed E-state index contributed by atoms with van der Waals surface area (Å²) < 4.78 is 0. The summed E-state index contributed by atoms with van der Waals surface area (Å²) in [6, 6.07) is 0. The van der Waals surface area contributed by atoms with E-state index in [1.807, 2.05) is 13.8 Å². The Labute approximate surface area is 116 Å². The molecule has 0 spiro atoms. The van der Waals surface area contributed by atoms with Gasteiger partial charge in [-0.3, -0.25) is 0 Å². The molecule has 0 heteroatoms. The average Bonchev–Trinajstić information content (AvgIpc) is 2.31. The Kier molecular flexibility index (Phi) is 4.31. The van der Waals surface area contributed by atoms with Gasteiger partial charge in [-0.25, -0.2) is 0 Å². The van der Waals surface area contributed by atoms with Crippen LogP contribution in [0.2, 0.25) is 0 Å². The molecule has 0 atom stereocenters.